The predicted molar refractivity (Wildman–Crippen MR) is 25.5 cm³/mol. The van der Waals surface area contributed by atoms with Gasteiger partial charge in [0.1, 0.15) is 0 Å². The molecule has 0 rings (SSSR count). The molecule has 3 heteroatoms. The summed E-state index contributed by atoms with van der Waals surface area (Å²) in [4.78, 5) is 0. The maximum Gasteiger partial charge on any atom is 1.00 e. The summed E-state index contributed by atoms with van der Waals surface area (Å²) in [6.45, 7) is 3.61. The third-order valence-electron chi connectivity index (χ3n) is 1.13. The molecule has 0 fully saturated rings. The van der Waals surface area contributed by atoms with E-state index in [0.29, 0.717) is 0 Å². The van der Waals surface area contributed by atoms with Crippen molar-refractivity contribution in [3.63, 3.8) is 0 Å². The van der Waals surface area contributed by atoms with Gasteiger partial charge in [-0.25, -0.2) is 0 Å². The van der Waals surface area contributed by atoms with Crippen LogP contribution in [0.1, 0.15) is 20.3 Å². The van der Waals surface area contributed by atoms with E-state index in [1.165, 1.54) is 0 Å². The first-order valence-electron chi connectivity index (χ1n) is 2.52. The molecule has 0 saturated carbocycles. The van der Waals surface area contributed by atoms with Crippen LogP contribution in [0.5, 0.6) is 0 Å². The molecule has 2 nitrogen and oxygen atoms in total. The molecule has 0 aliphatic carbocycles. The smallest absolute Gasteiger partial charge is 0.831 e. The van der Waals surface area contributed by atoms with Gasteiger partial charge in [-0.1, -0.05) is 20.3 Å². The van der Waals surface area contributed by atoms with Crippen molar-refractivity contribution in [1.29, 1.82) is 0 Å². The molecule has 1 N–H and O–H groups in total. The summed E-state index contributed by atoms with van der Waals surface area (Å²) in [6.07, 6.45) is -0.630. The van der Waals surface area contributed by atoms with Gasteiger partial charge in [0.15, 0.2) is 0 Å². The van der Waals surface area contributed by atoms with E-state index in [4.69, 9.17) is 5.11 Å². The molecule has 0 aliphatic heterocycles. The quantitative estimate of drug-likeness (QED) is 0.311. The van der Waals surface area contributed by atoms with Gasteiger partial charge < -0.3 is 10.2 Å². The predicted octanol–water partition coefficient (Wildman–Crippen LogP) is -3.28. The molecule has 0 aliphatic rings. The maximum atomic E-state index is 10.0. The molecule has 0 bridgehead atoms. The van der Waals surface area contributed by atoms with Gasteiger partial charge in [-0.3, -0.25) is 0 Å². The van der Waals surface area contributed by atoms with Crippen LogP contribution < -0.4 is 34.7 Å². The molecule has 0 amide bonds. The van der Waals surface area contributed by atoms with Crippen LogP contribution in [0.25, 0.3) is 0 Å². The fraction of sp³-hybridized carbons (Fsp3) is 1.00. The zero-order valence-corrected chi connectivity index (χ0v) is 7.72. The van der Waals surface area contributed by atoms with Crippen LogP contribution in [0.4, 0.5) is 0 Å². The van der Waals surface area contributed by atoms with Crippen molar-refractivity contribution in [2.24, 2.45) is 5.92 Å². The molecule has 0 spiro atoms. The molecule has 0 aromatic heterocycles. The van der Waals surface area contributed by atoms with Gasteiger partial charge in [-0.05, 0) is 12.2 Å². The number of hydrogen-bond donors (Lipinski definition) is 1. The van der Waals surface area contributed by atoms with Crippen LogP contribution >= 0.6 is 0 Å². The SMILES string of the molecule is CCC(C)C([O-])O.[Na+]. The standard InChI is InChI=1S/C5H11O2.Na/c1-3-4(2)5(6)7;/h4-6H,3H2,1-2H3;/q-1;+1. The van der Waals surface area contributed by atoms with Gasteiger partial charge in [-0.2, -0.15) is 0 Å². The van der Waals surface area contributed by atoms with Gasteiger partial charge in [0.05, 0.1) is 0 Å². The Bertz CT molecular complexity index is 47.7. The first-order chi connectivity index (χ1) is 3.18. The van der Waals surface area contributed by atoms with Crippen molar-refractivity contribution in [1.82, 2.24) is 0 Å². The molecule has 2 atom stereocenters. The van der Waals surface area contributed by atoms with Crippen molar-refractivity contribution in [3.8, 4) is 0 Å². The van der Waals surface area contributed by atoms with E-state index in [1.807, 2.05) is 6.92 Å². The molecule has 8 heavy (non-hydrogen) atoms. The van der Waals surface area contributed by atoms with Crippen LogP contribution in [-0.2, 0) is 0 Å². The number of rotatable bonds is 2. The van der Waals surface area contributed by atoms with E-state index in [0.717, 1.165) is 6.42 Å². The van der Waals surface area contributed by atoms with Gasteiger partial charge in [0, 0.05) is 0 Å². The van der Waals surface area contributed by atoms with E-state index < -0.39 is 6.29 Å². The minimum atomic E-state index is -1.38. The molecule has 0 aromatic carbocycles. The Morgan fingerprint density at radius 1 is 1.62 bits per heavy atom. The van der Waals surface area contributed by atoms with Crippen LogP contribution in [0, 0.1) is 5.92 Å². The molecule has 0 saturated heterocycles. The topological polar surface area (TPSA) is 43.3 Å². The van der Waals surface area contributed by atoms with Crippen LogP contribution in [0.3, 0.4) is 0 Å². The summed E-state index contributed by atoms with van der Waals surface area (Å²) in [5, 5.41) is 18.3. The largest absolute Gasteiger partial charge is 1.00 e. The molecule has 0 heterocycles. The van der Waals surface area contributed by atoms with Crippen molar-refractivity contribution in [2.45, 2.75) is 26.6 Å². The van der Waals surface area contributed by atoms with Gasteiger partial charge in [0.25, 0.3) is 0 Å². The fourth-order valence-electron chi connectivity index (χ4n) is 0.202. The van der Waals surface area contributed by atoms with Crippen LogP contribution in [0.15, 0.2) is 0 Å². The second kappa shape index (κ2) is 6.05. The van der Waals surface area contributed by atoms with Gasteiger partial charge in [0.2, 0.25) is 0 Å². The molecule has 0 aromatic rings. The molecule has 44 valence electrons. The van der Waals surface area contributed by atoms with E-state index in [1.54, 1.807) is 6.92 Å². The first-order valence-corrected chi connectivity index (χ1v) is 2.52. The average Bonchev–Trinajstić information content (AvgIpc) is 1.65. The minimum Gasteiger partial charge on any atom is -0.831 e. The Hall–Kier alpha value is 0.920. The summed E-state index contributed by atoms with van der Waals surface area (Å²) >= 11 is 0. The summed E-state index contributed by atoms with van der Waals surface area (Å²) in [6, 6.07) is 0. The second-order valence-corrected chi connectivity index (χ2v) is 1.78. The third kappa shape index (κ3) is 5.06. The number of hydrogen-bond acceptors (Lipinski definition) is 2. The Kier molecular flexibility index (Phi) is 8.83. The molecular weight excluding hydrogens is 115 g/mol. The molecular formula is C5H11NaO2. The van der Waals surface area contributed by atoms with E-state index in [2.05, 4.69) is 0 Å². The fourth-order valence-corrected chi connectivity index (χ4v) is 0.202. The van der Waals surface area contributed by atoms with Gasteiger partial charge in [-0.15, -0.1) is 0 Å². The summed E-state index contributed by atoms with van der Waals surface area (Å²) in [5.41, 5.74) is 0. The molecule has 0 radical (unpaired) electrons. The monoisotopic (exact) mass is 126 g/mol. The maximum absolute atomic E-state index is 10.0. The Labute approximate surface area is 72.2 Å². The Balaban J connectivity index is 0. The van der Waals surface area contributed by atoms with E-state index in [-0.39, 0.29) is 35.5 Å². The Morgan fingerprint density at radius 3 is 2.00 bits per heavy atom. The number of aliphatic hydroxyl groups excluding tert-OH is 1. The zero-order chi connectivity index (χ0) is 5.86. The van der Waals surface area contributed by atoms with E-state index >= 15 is 0 Å². The Morgan fingerprint density at radius 2 is 2.00 bits per heavy atom. The normalized spacial score (nSPS) is 16.5. The van der Waals surface area contributed by atoms with Crippen molar-refractivity contribution < 1.29 is 39.8 Å². The van der Waals surface area contributed by atoms with Crippen molar-refractivity contribution in [3.05, 3.63) is 0 Å². The second-order valence-electron chi connectivity index (χ2n) is 1.78. The van der Waals surface area contributed by atoms with Crippen LogP contribution in [-0.4, -0.2) is 11.4 Å². The van der Waals surface area contributed by atoms with Gasteiger partial charge >= 0.3 is 29.6 Å². The van der Waals surface area contributed by atoms with E-state index in [9.17, 15) is 5.11 Å². The average molecular weight is 126 g/mol. The first kappa shape index (κ1) is 11.7. The summed E-state index contributed by atoms with van der Waals surface area (Å²) in [5.74, 6) is -0.0972. The summed E-state index contributed by atoms with van der Waals surface area (Å²) in [7, 11) is 0. The zero-order valence-electron chi connectivity index (χ0n) is 5.72. The summed E-state index contributed by atoms with van der Waals surface area (Å²) < 4.78 is 0. The van der Waals surface area contributed by atoms with Crippen molar-refractivity contribution >= 4 is 0 Å². The third-order valence-corrected chi connectivity index (χ3v) is 1.13. The van der Waals surface area contributed by atoms with Crippen molar-refractivity contribution in [2.75, 3.05) is 0 Å². The number of aliphatic hydroxyl groups is 1. The molecule has 2 unspecified atom stereocenters. The minimum absolute atomic E-state index is 0. The van der Waals surface area contributed by atoms with Crippen LogP contribution in [0.2, 0.25) is 0 Å².